The third-order valence-corrected chi connectivity index (χ3v) is 4.87. The molecule has 6 nitrogen and oxygen atoms in total. The first-order valence-corrected chi connectivity index (χ1v) is 8.44. The lowest BCUT2D eigenvalue weighted by molar-refractivity contribution is -0.152. The molecule has 1 heterocycles. The van der Waals surface area contributed by atoms with Crippen LogP contribution in [-0.2, 0) is 9.53 Å². The van der Waals surface area contributed by atoms with Crippen molar-refractivity contribution in [3.8, 4) is 0 Å². The van der Waals surface area contributed by atoms with E-state index in [1.54, 1.807) is 0 Å². The third kappa shape index (κ3) is 4.62. The molecule has 0 unspecified atom stereocenters. The molecule has 21 heavy (non-hydrogen) atoms. The van der Waals surface area contributed by atoms with Crippen LogP contribution in [0.1, 0.15) is 40.0 Å². The highest BCUT2D eigenvalue weighted by molar-refractivity contribution is 7.99. The second-order valence-electron chi connectivity index (χ2n) is 6.15. The number of hydrogen-bond donors (Lipinski definition) is 2. The number of carbonyl (C=O) groups excluding carboxylic acids is 1. The number of hydrogen-bond acceptors (Lipinski definition) is 6. The number of rotatable bonds is 5. The van der Waals surface area contributed by atoms with Gasteiger partial charge in [0.05, 0.1) is 5.75 Å². The van der Waals surface area contributed by atoms with Crippen molar-refractivity contribution in [2.75, 3.05) is 11.5 Å². The van der Waals surface area contributed by atoms with Crippen molar-refractivity contribution in [2.45, 2.75) is 51.3 Å². The van der Waals surface area contributed by atoms with Crippen LogP contribution in [0.3, 0.4) is 0 Å². The normalized spacial score (nSPS) is 26.0. The van der Waals surface area contributed by atoms with Crippen molar-refractivity contribution in [1.82, 2.24) is 15.2 Å². The fourth-order valence-corrected chi connectivity index (χ4v) is 3.49. The van der Waals surface area contributed by atoms with Gasteiger partial charge in [-0.3, -0.25) is 4.79 Å². The molecule has 1 aliphatic carbocycles. The molecule has 2 rings (SSSR count). The highest BCUT2D eigenvalue weighted by Gasteiger charge is 2.33. The molecule has 0 saturated heterocycles. The number of nitrogen functional groups attached to an aromatic ring is 1. The van der Waals surface area contributed by atoms with E-state index in [4.69, 9.17) is 10.5 Å². The molecule has 118 valence electrons. The van der Waals surface area contributed by atoms with Gasteiger partial charge in [0.25, 0.3) is 0 Å². The van der Waals surface area contributed by atoms with Gasteiger partial charge in [0, 0.05) is 0 Å². The first-order chi connectivity index (χ1) is 9.95. The number of carbonyl (C=O) groups is 1. The second kappa shape index (κ2) is 7.15. The zero-order valence-corrected chi connectivity index (χ0v) is 13.7. The minimum absolute atomic E-state index is 0.0408. The summed E-state index contributed by atoms with van der Waals surface area (Å²) in [6, 6.07) is 0. The van der Waals surface area contributed by atoms with Gasteiger partial charge in [-0.15, -0.1) is 5.10 Å². The summed E-state index contributed by atoms with van der Waals surface area (Å²) in [5.74, 6) is 1.90. The topological polar surface area (TPSA) is 93.9 Å². The zero-order chi connectivity index (χ0) is 15.4. The Bertz CT molecular complexity index is 477. The molecule has 0 aliphatic heterocycles. The Balaban J connectivity index is 1.84. The Morgan fingerprint density at radius 1 is 1.52 bits per heavy atom. The molecule has 1 saturated carbocycles. The average Bonchev–Trinajstić information content (AvgIpc) is 2.82. The maximum absolute atomic E-state index is 12.0. The fraction of sp³-hybridized carbons (Fsp3) is 0.786. The van der Waals surface area contributed by atoms with Gasteiger partial charge in [-0.1, -0.05) is 39.0 Å². The summed E-state index contributed by atoms with van der Waals surface area (Å²) in [7, 11) is 0. The minimum atomic E-state index is -0.201. The van der Waals surface area contributed by atoms with E-state index >= 15 is 0 Å². The van der Waals surface area contributed by atoms with E-state index in [1.165, 1.54) is 18.2 Å². The maximum Gasteiger partial charge on any atom is 0.316 e. The summed E-state index contributed by atoms with van der Waals surface area (Å²) in [5, 5.41) is 6.90. The first kappa shape index (κ1) is 16.1. The van der Waals surface area contributed by atoms with Crippen molar-refractivity contribution in [1.29, 1.82) is 0 Å². The van der Waals surface area contributed by atoms with E-state index < -0.39 is 0 Å². The molecule has 1 aromatic rings. The number of esters is 1. The Kier molecular flexibility index (Phi) is 5.50. The number of H-pyrrole nitrogens is 1. The SMILES string of the molecule is CC(C)[C@H]1CC[C@H](C)C[C@H]1OC(=O)CSc1n[nH]c(N)n1. The van der Waals surface area contributed by atoms with Gasteiger partial charge in [-0.05, 0) is 30.6 Å². The number of anilines is 1. The summed E-state index contributed by atoms with van der Waals surface area (Å²) in [5.41, 5.74) is 5.44. The van der Waals surface area contributed by atoms with E-state index in [0.717, 1.165) is 12.8 Å². The van der Waals surface area contributed by atoms with Gasteiger partial charge in [-0.2, -0.15) is 4.98 Å². The molecule has 0 amide bonds. The largest absolute Gasteiger partial charge is 0.461 e. The molecular weight excluding hydrogens is 288 g/mol. The van der Waals surface area contributed by atoms with Crippen molar-refractivity contribution in [2.24, 2.45) is 17.8 Å². The summed E-state index contributed by atoms with van der Waals surface area (Å²) in [6.07, 6.45) is 3.37. The maximum atomic E-state index is 12.0. The lowest BCUT2D eigenvalue weighted by Gasteiger charge is -2.36. The first-order valence-electron chi connectivity index (χ1n) is 7.46. The highest BCUT2D eigenvalue weighted by Crippen LogP contribution is 2.35. The van der Waals surface area contributed by atoms with Crippen LogP contribution in [0, 0.1) is 17.8 Å². The molecule has 1 aromatic heterocycles. The van der Waals surface area contributed by atoms with E-state index in [1.807, 2.05) is 0 Å². The van der Waals surface area contributed by atoms with Gasteiger partial charge in [0.15, 0.2) is 0 Å². The standard InChI is InChI=1S/C14H24N4O2S/c1-8(2)10-5-4-9(3)6-11(10)20-12(19)7-21-14-16-13(15)17-18-14/h8-11H,4-7H2,1-3H3,(H3,15,16,17,18)/t9-,10+,11+/m0/s1. The summed E-state index contributed by atoms with van der Waals surface area (Å²) in [6.45, 7) is 6.63. The van der Waals surface area contributed by atoms with Gasteiger partial charge < -0.3 is 10.5 Å². The van der Waals surface area contributed by atoms with Crippen LogP contribution in [0.5, 0.6) is 0 Å². The Morgan fingerprint density at radius 3 is 2.90 bits per heavy atom. The van der Waals surface area contributed by atoms with Crippen molar-refractivity contribution < 1.29 is 9.53 Å². The smallest absolute Gasteiger partial charge is 0.316 e. The minimum Gasteiger partial charge on any atom is -0.461 e. The van der Waals surface area contributed by atoms with Crippen LogP contribution in [0.15, 0.2) is 5.16 Å². The molecule has 0 spiro atoms. The zero-order valence-electron chi connectivity index (χ0n) is 12.8. The molecule has 0 bridgehead atoms. The number of ether oxygens (including phenoxy) is 1. The number of nitrogens with two attached hydrogens (primary N) is 1. The summed E-state index contributed by atoms with van der Waals surface area (Å²) >= 11 is 1.24. The van der Waals surface area contributed by atoms with Crippen molar-refractivity contribution in [3.05, 3.63) is 0 Å². The number of thioether (sulfide) groups is 1. The van der Waals surface area contributed by atoms with Gasteiger partial charge in [0.1, 0.15) is 6.10 Å². The number of nitrogens with zero attached hydrogens (tertiary/aromatic N) is 2. The van der Waals surface area contributed by atoms with E-state index in [-0.39, 0.29) is 23.8 Å². The van der Waals surface area contributed by atoms with Crippen molar-refractivity contribution in [3.63, 3.8) is 0 Å². The van der Waals surface area contributed by atoms with Gasteiger partial charge >= 0.3 is 5.97 Å². The van der Waals surface area contributed by atoms with Gasteiger partial charge in [0.2, 0.25) is 11.1 Å². The fourth-order valence-electron chi connectivity index (χ4n) is 2.90. The third-order valence-electron chi connectivity index (χ3n) is 4.05. The Labute approximate surface area is 129 Å². The van der Waals surface area contributed by atoms with Crippen LogP contribution in [-0.4, -0.2) is 33.0 Å². The molecule has 3 N–H and O–H groups in total. The molecule has 7 heteroatoms. The van der Waals surface area contributed by atoms with E-state index in [0.29, 0.717) is 22.9 Å². The molecule has 1 fully saturated rings. The van der Waals surface area contributed by atoms with Crippen LogP contribution in [0.25, 0.3) is 0 Å². The molecule has 0 aromatic carbocycles. The summed E-state index contributed by atoms with van der Waals surface area (Å²) in [4.78, 5) is 16.0. The van der Waals surface area contributed by atoms with Crippen LogP contribution in [0.2, 0.25) is 0 Å². The highest BCUT2D eigenvalue weighted by atomic mass is 32.2. The monoisotopic (exact) mass is 312 g/mol. The number of aromatic amines is 1. The Hall–Kier alpha value is -1.24. The van der Waals surface area contributed by atoms with E-state index in [2.05, 4.69) is 36.0 Å². The quantitative estimate of drug-likeness (QED) is 0.641. The lowest BCUT2D eigenvalue weighted by atomic mass is 9.75. The molecular formula is C14H24N4O2S. The summed E-state index contributed by atoms with van der Waals surface area (Å²) < 4.78 is 5.71. The van der Waals surface area contributed by atoms with Crippen LogP contribution < -0.4 is 5.73 Å². The van der Waals surface area contributed by atoms with E-state index in [9.17, 15) is 4.79 Å². The predicted molar refractivity (Wildman–Crippen MR) is 82.7 cm³/mol. The predicted octanol–water partition coefficient (Wildman–Crippen LogP) is 2.48. The lowest BCUT2D eigenvalue weighted by Crippen LogP contribution is -2.36. The molecule has 1 aliphatic rings. The van der Waals surface area contributed by atoms with Crippen LogP contribution >= 0.6 is 11.8 Å². The average molecular weight is 312 g/mol. The van der Waals surface area contributed by atoms with Crippen molar-refractivity contribution >= 4 is 23.7 Å². The molecule has 3 atom stereocenters. The van der Waals surface area contributed by atoms with Crippen LogP contribution in [0.4, 0.5) is 5.95 Å². The number of nitrogens with one attached hydrogen (secondary N) is 1. The second-order valence-corrected chi connectivity index (χ2v) is 7.09. The van der Waals surface area contributed by atoms with Gasteiger partial charge in [-0.25, -0.2) is 5.10 Å². The Morgan fingerprint density at radius 2 is 2.29 bits per heavy atom. The number of aromatic nitrogens is 3. The molecule has 0 radical (unpaired) electrons.